The van der Waals surface area contributed by atoms with E-state index < -0.39 is 30.2 Å². The maximum atomic E-state index is 13.3. The highest BCUT2D eigenvalue weighted by atomic mass is 35.5. The van der Waals surface area contributed by atoms with Crippen LogP contribution in [0.25, 0.3) is 11.1 Å². The van der Waals surface area contributed by atoms with E-state index in [-0.39, 0.29) is 5.91 Å². The van der Waals surface area contributed by atoms with E-state index in [2.05, 4.69) is 5.32 Å². The molecule has 4 rings (SSSR count). The number of benzene rings is 3. The smallest absolute Gasteiger partial charge is 0.252 e. The van der Waals surface area contributed by atoms with Gasteiger partial charge in [-0.25, -0.2) is 0 Å². The Kier molecular flexibility index (Phi) is 7.97. The molecule has 0 bridgehead atoms. The lowest BCUT2D eigenvalue weighted by Crippen LogP contribution is -2.63. The molecule has 7 nitrogen and oxygen atoms in total. The van der Waals surface area contributed by atoms with Gasteiger partial charge in [0.05, 0.1) is 11.2 Å². The Labute approximate surface area is 215 Å². The Hall–Kier alpha value is -2.94. The van der Waals surface area contributed by atoms with Crippen molar-refractivity contribution >= 4 is 17.5 Å². The summed E-state index contributed by atoms with van der Waals surface area (Å²) in [5, 5.41) is 24.6. The minimum atomic E-state index is -1.36. The second-order valence-corrected chi connectivity index (χ2v) is 9.61. The molecular weight excluding hydrogens is 482 g/mol. The van der Waals surface area contributed by atoms with Crippen LogP contribution in [0, 0.1) is 0 Å². The van der Waals surface area contributed by atoms with Gasteiger partial charge in [0, 0.05) is 24.2 Å². The van der Waals surface area contributed by atoms with Crippen LogP contribution in [0.2, 0.25) is 5.02 Å². The molecule has 3 aromatic rings. The van der Waals surface area contributed by atoms with Crippen LogP contribution in [-0.4, -0.2) is 53.4 Å². The second-order valence-electron chi connectivity index (χ2n) is 9.20. The number of nitrogens with one attached hydrogen (secondary N) is 1. The van der Waals surface area contributed by atoms with E-state index >= 15 is 0 Å². The second kappa shape index (κ2) is 11.0. The summed E-state index contributed by atoms with van der Waals surface area (Å²) in [7, 11) is 1.45. The van der Waals surface area contributed by atoms with Gasteiger partial charge in [0.1, 0.15) is 24.1 Å². The Morgan fingerprint density at radius 1 is 1.00 bits per heavy atom. The predicted octanol–water partition coefficient (Wildman–Crippen LogP) is 4.19. The Morgan fingerprint density at radius 2 is 1.69 bits per heavy atom. The molecule has 1 heterocycles. The highest BCUT2D eigenvalue weighted by molar-refractivity contribution is 6.33. The largest absolute Gasteiger partial charge is 0.462 e. The van der Waals surface area contributed by atoms with Crippen LogP contribution in [-0.2, 0) is 16.0 Å². The van der Waals surface area contributed by atoms with Crippen LogP contribution in [0.15, 0.2) is 72.8 Å². The van der Waals surface area contributed by atoms with Crippen molar-refractivity contribution in [2.45, 2.75) is 50.6 Å². The summed E-state index contributed by atoms with van der Waals surface area (Å²) in [6.07, 6.45) is -4.50. The van der Waals surface area contributed by atoms with Gasteiger partial charge in [-0.1, -0.05) is 60.1 Å². The Bertz CT molecular complexity index is 1200. The molecular formula is C28H30ClNO6. The molecule has 1 aliphatic heterocycles. The lowest BCUT2D eigenvalue weighted by molar-refractivity contribution is -0.305. The maximum absolute atomic E-state index is 13.3. The minimum Gasteiger partial charge on any atom is -0.462 e. The summed E-state index contributed by atoms with van der Waals surface area (Å²) in [5.41, 5.74) is 1.70. The zero-order chi connectivity index (χ0) is 25.9. The number of carbonyl (C=O) groups excluding carboxylic acids is 1. The molecule has 1 saturated heterocycles. The van der Waals surface area contributed by atoms with Crippen LogP contribution in [0.1, 0.15) is 29.8 Å². The molecule has 0 spiro atoms. The highest BCUT2D eigenvalue weighted by Gasteiger charge is 2.50. The van der Waals surface area contributed by atoms with Crippen molar-refractivity contribution in [2.24, 2.45) is 0 Å². The predicted molar refractivity (Wildman–Crippen MR) is 137 cm³/mol. The summed E-state index contributed by atoms with van der Waals surface area (Å²) >= 11 is 6.44. The summed E-state index contributed by atoms with van der Waals surface area (Å²) in [6, 6.07) is 21.8. The quantitative estimate of drug-likeness (QED) is 0.440. The molecule has 190 valence electrons. The number of hydrogen-bond acceptors (Lipinski definition) is 6. The van der Waals surface area contributed by atoms with E-state index in [4.69, 9.17) is 25.8 Å². The molecule has 3 N–H and O–H groups in total. The highest BCUT2D eigenvalue weighted by Crippen LogP contribution is 2.35. The summed E-state index contributed by atoms with van der Waals surface area (Å²) in [5.74, 6) is -0.0253. The third kappa shape index (κ3) is 5.56. The topological polar surface area (TPSA) is 97.3 Å². The van der Waals surface area contributed by atoms with Gasteiger partial charge in [-0.15, -0.1) is 0 Å². The van der Waals surface area contributed by atoms with Crippen LogP contribution in [0.3, 0.4) is 0 Å². The molecule has 1 amide bonds. The number of ether oxygens (including phenoxy) is 3. The van der Waals surface area contributed by atoms with Crippen LogP contribution in [0.4, 0.5) is 0 Å². The van der Waals surface area contributed by atoms with Gasteiger partial charge in [0.15, 0.2) is 0 Å². The molecule has 36 heavy (non-hydrogen) atoms. The average molecular weight is 512 g/mol. The number of carbonyl (C=O) groups is 1. The van der Waals surface area contributed by atoms with Crippen molar-refractivity contribution in [2.75, 3.05) is 7.11 Å². The minimum absolute atomic E-state index is 0.290. The molecule has 0 aliphatic carbocycles. The van der Waals surface area contributed by atoms with Crippen LogP contribution in [0.5, 0.6) is 5.75 Å². The molecule has 1 aliphatic rings. The fraction of sp³-hybridized carbons (Fsp3) is 0.321. The third-order valence-electron chi connectivity index (χ3n) is 6.25. The first-order chi connectivity index (χ1) is 17.2. The number of amides is 1. The molecule has 0 radical (unpaired) electrons. The van der Waals surface area contributed by atoms with Crippen molar-refractivity contribution in [3.8, 4) is 16.9 Å². The first-order valence-corrected chi connectivity index (χ1v) is 12.0. The zero-order valence-electron chi connectivity index (χ0n) is 20.4. The SMILES string of the molecule is CO[C@@H]1[C@@H](O)[C@@H](O)[C@H](Oc2ccc(-c3ccccc3Cl)c(C(=O)NCc3ccccc3)c2)OC1(C)C. The normalized spacial score (nSPS) is 23.2. The van der Waals surface area contributed by atoms with Crippen LogP contribution >= 0.6 is 11.6 Å². The van der Waals surface area contributed by atoms with Crippen molar-refractivity contribution < 1.29 is 29.2 Å². The zero-order valence-corrected chi connectivity index (χ0v) is 21.1. The Morgan fingerprint density at radius 3 is 2.39 bits per heavy atom. The number of aliphatic hydroxyl groups excluding tert-OH is 2. The van der Waals surface area contributed by atoms with Crippen molar-refractivity contribution in [1.82, 2.24) is 5.32 Å². The number of hydrogen-bond donors (Lipinski definition) is 3. The van der Waals surface area contributed by atoms with E-state index in [1.54, 1.807) is 38.1 Å². The fourth-order valence-corrected chi connectivity index (χ4v) is 4.65. The van der Waals surface area contributed by atoms with Gasteiger partial charge in [0.2, 0.25) is 6.29 Å². The molecule has 4 atom stereocenters. The molecule has 8 heteroatoms. The van der Waals surface area contributed by atoms with Crippen LogP contribution < -0.4 is 10.1 Å². The third-order valence-corrected chi connectivity index (χ3v) is 6.58. The number of aliphatic hydroxyl groups is 2. The number of halogens is 1. The maximum Gasteiger partial charge on any atom is 0.252 e. The van der Waals surface area contributed by atoms with E-state index in [0.717, 1.165) is 5.56 Å². The first-order valence-electron chi connectivity index (χ1n) is 11.7. The van der Waals surface area contributed by atoms with E-state index in [1.807, 2.05) is 48.5 Å². The first kappa shape index (κ1) is 26.1. The number of rotatable bonds is 7. The standard InChI is InChI=1S/C28H30ClNO6/c1-28(2)25(34-3)23(31)24(32)27(36-28)35-18-13-14-19(20-11-7-8-12-22(20)29)21(15-18)26(33)30-16-17-9-5-4-6-10-17/h4-15,23-25,27,31-32H,16H2,1-3H3,(H,30,33)/t23-,24+,25+,27+/m0/s1. The lowest BCUT2D eigenvalue weighted by Gasteiger charge is -2.46. The molecule has 0 unspecified atom stereocenters. The fourth-order valence-electron chi connectivity index (χ4n) is 4.41. The number of methoxy groups -OCH3 is 1. The van der Waals surface area contributed by atoms with E-state index in [1.165, 1.54) is 7.11 Å². The van der Waals surface area contributed by atoms with Gasteiger partial charge < -0.3 is 29.7 Å². The van der Waals surface area contributed by atoms with Gasteiger partial charge in [-0.05, 0) is 49.2 Å². The van der Waals surface area contributed by atoms with Gasteiger partial charge in [-0.2, -0.15) is 0 Å². The van der Waals surface area contributed by atoms with Crippen molar-refractivity contribution in [3.63, 3.8) is 0 Å². The molecule has 0 saturated carbocycles. The van der Waals surface area contributed by atoms with Gasteiger partial charge in [-0.3, -0.25) is 4.79 Å². The molecule has 0 aromatic heterocycles. The summed E-state index contributed by atoms with van der Waals surface area (Å²) < 4.78 is 17.2. The van der Waals surface area contributed by atoms with E-state index in [9.17, 15) is 15.0 Å². The van der Waals surface area contributed by atoms with E-state index in [0.29, 0.717) is 34.0 Å². The lowest BCUT2D eigenvalue weighted by atomic mass is 9.89. The summed E-state index contributed by atoms with van der Waals surface area (Å²) in [4.78, 5) is 13.3. The van der Waals surface area contributed by atoms with Crippen molar-refractivity contribution in [3.05, 3.63) is 88.9 Å². The van der Waals surface area contributed by atoms with Gasteiger partial charge >= 0.3 is 0 Å². The average Bonchev–Trinajstić information content (AvgIpc) is 2.87. The monoisotopic (exact) mass is 511 g/mol. The van der Waals surface area contributed by atoms with Crippen molar-refractivity contribution in [1.29, 1.82) is 0 Å². The summed E-state index contributed by atoms with van der Waals surface area (Å²) in [6.45, 7) is 3.83. The molecule has 1 fully saturated rings. The van der Waals surface area contributed by atoms with Gasteiger partial charge in [0.25, 0.3) is 5.91 Å². The molecule has 3 aromatic carbocycles. The Balaban J connectivity index is 1.64.